The van der Waals surface area contributed by atoms with Crippen molar-refractivity contribution in [1.29, 1.82) is 0 Å². The van der Waals surface area contributed by atoms with Gasteiger partial charge in [0.1, 0.15) is 48.7 Å². The fraction of sp³-hybridized carbons (Fsp3) is 0.327. The van der Waals surface area contributed by atoms with E-state index in [4.69, 9.17) is 14.2 Å². The Morgan fingerprint density at radius 2 is 1.69 bits per heavy atom. The molecule has 4 aromatic carbocycles. The summed E-state index contributed by atoms with van der Waals surface area (Å²) < 4.78 is 32.3. The topological polar surface area (TPSA) is 213 Å². The lowest BCUT2D eigenvalue weighted by Gasteiger charge is -2.35. The summed E-state index contributed by atoms with van der Waals surface area (Å²) in [7, 11) is 0. The fourth-order valence-electron chi connectivity index (χ4n) is 9.65. The van der Waals surface area contributed by atoms with Crippen LogP contribution in [0.15, 0.2) is 96.0 Å². The van der Waals surface area contributed by atoms with Gasteiger partial charge in [-0.2, -0.15) is 0 Å². The Morgan fingerprint density at radius 1 is 0.907 bits per heavy atom. The molecule has 0 spiro atoms. The number of aliphatic hydroxyl groups excluding tert-OH is 1. The number of rotatable bonds is 19. The highest BCUT2D eigenvalue weighted by molar-refractivity contribution is 7.14. The number of aromatic hydroxyl groups is 1. The molecule has 4 atom stereocenters. The Hall–Kier alpha value is -7.54. The van der Waals surface area contributed by atoms with Crippen LogP contribution in [0.2, 0.25) is 0 Å². The summed E-state index contributed by atoms with van der Waals surface area (Å²) in [6.45, 7) is 6.80. The van der Waals surface area contributed by atoms with Gasteiger partial charge in [0.15, 0.2) is 5.13 Å². The SMILES string of the molecule is Cc1ncsc1-c1ccc(CNC(=O)C2CC(O)CN2C(=O)[C@H](C(C)C)N2Cc3ccccc3C2=O)c(OCCOCCOCC#Cc2cccc3c2C(=O)N(C(C(=O)Nc2nccs2)c2cc(F)ccc2O)C3)c1. The first-order chi connectivity index (χ1) is 36.3. The number of halogens is 1. The van der Waals surface area contributed by atoms with Crippen molar-refractivity contribution in [3.05, 3.63) is 146 Å². The number of hydrogen-bond acceptors (Lipinski definition) is 14. The van der Waals surface area contributed by atoms with Crippen LogP contribution in [0.4, 0.5) is 9.52 Å². The van der Waals surface area contributed by atoms with Gasteiger partial charge in [-0.25, -0.2) is 14.4 Å². The highest BCUT2D eigenvalue weighted by Gasteiger charge is 2.46. The molecule has 3 unspecified atom stereocenters. The number of aryl methyl sites for hydroxylation is 1. The molecule has 75 heavy (non-hydrogen) atoms. The molecule has 20 heteroatoms. The quantitative estimate of drug-likeness (QED) is 0.0507. The molecule has 388 valence electrons. The Morgan fingerprint density at radius 3 is 2.47 bits per heavy atom. The number of phenols is 1. The summed E-state index contributed by atoms with van der Waals surface area (Å²) in [5.74, 6) is 2.94. The van der Waals surface area contributed by atoms with Crippen molar-refractivity contribution in [3.63, 3.8) is 0 Å². The van der Waals surface area contributed by atoms with Gasteiger partial charge >= 0.3 is 0 Å². The number of aliphatic hydroxyl groups is 1. The van der Waals surface area contributed by atoms with Crippen molar-refractivity contribution in [2.75, 3.05) is 44.9 Å². The first kappa shape index (κ1) is 52.3. The van der Waals surface area contributed by atoms with Crippen LogP contribution in [0.5, 0.6) is 11.5 Å². The zero-order valence-corrected chi connectivity index (χ0v) is 42.9. The van der Waals surface area contributed by atoms with Gasteiger partial charge < -0.3 is 44.4 Å². The number of nitrogens with zero attached hydrogens (tertiary/aromatic N) is 5. The van der Waals surface area contributed by atoms with Gasteiger partial charge in [0.2, 0.25) is 11.8 Å². The summed E-state index contributed by atoms with van der Waals surface area (Å²) >= 11 is 2.67. The normalized spacial score (nSPS) is 16.6. The number of amides is 5. The van der Waals surface area contributed by atoms with E-state index in [1.807, 2.05) is 51.1 Å². The maximum Gasteiger partial charge on any atom is 0.256 e. The van der Waals surface area contributed by atoms with Crippen LogP contribution in [-0.4, -0.2) is 122 Å². The van der Waals surface area contributed by atoms with Crippen molar-refractivity contribution >= 4 is 57.3 Å². The number of carbonyl (C=O) groups excluding carboxylic acids is 5. The van der Waals surface area contributed by atoms with E-state index in [1.54, 1.807) is 46.1 Å². The van der Waals surface area contributed by atoms with E-state index < -0.39 is 47.8 Å². The van der Waals surface area contributed by atoms with Crippen molar-refractivity contribution in [1.82, 2.24) is 30.0 Å². The Kier molecular flexibility index (Phi) is 16.3. The standard InChI is InChI=1S/C55H54FN7O10S2/c1-32(2)47(62-28-37-8-4-5-12-41(37)52(62)68)54(70)61-30-40(64)26-43(61)50(66)58-27-36-14-13-35(49-33(3)59-31-75-49)24-45(36)73-22-21-72-20-19-71-18-7-11-34-9-6-10-38-29-63(53(69)46(34)38)48(42-25-39(56)15-16-44(42)65)51(67)60-55-57-17-23-74-55/h4-6,8-10,12-17,23-25,31-32,40,43,47-48,64-65H,18-22,26-30H2,1-3H3,(H,58,66)(H,57,60,67)/t40?,43?,47-,48?/m0/s1. The lowest BCUT2D eigenvalue weighted by atomic mass is 10.0. The number of ether oxygens (including phenoxy) is 3. The van der Waals surface area contributed by atoms with Crippen LogP contribution in [0.25, 0.3) is 10.4 Å². The van der Waals surface area contributed by atoms with Crippen LogP contribution in [0.1, 0.15) is 80.5 Å². The number of aromatic nitrogens is 2. The molecule has 0 aliphatic carbocycles. The third kappa shape index (κ3) is 11.6. The lowest BCUT2D eigenvalue weighted by Crippen LogP contribution is -2.55. The molecule has 5 amide bonds. The van der Waals surface area contributed by atoms with Crippen LogP contribution in [0, 0.1) is 30.5 Å². The smallest absolute Gasteiger partial charge is 0.256 e. The molecule has 2 aromatic heterocycles. The minimum Gasteiger partial charge on any atom is -0.508 e. The van der Waals surface area contributed by atoms with Gasteiger partial charge in [0.25, 0.3) is 17.7 Å². The maximum atomic E-state index is 14.5. The average molecular weight is 1060 g/mol. The summed E-state index contributed by atoms with van der Waals surface area (Å²) in [6.07, 6.45) is 0.649. The molecule has 17 nitrogen and oxygen atoms in total. The minimum absolute atomic E-state index is 0.0109. The second-order valence-electron chi connectivity index (χ2n) is 18.5. The van der Waals surface area contributed by atoms with Gasteiger partial charge in [-0.3, -0.25) is 29.3 Å². The number of benzene rings is 4. The minimum atomic E-state index is -1.38. The first-order valence-electron chi connectivity index (χ1n) is 24.3. The monoisotopic (exact) mass is 1060 g/mol. The molecular weight excluding hydrogens is 1000 g/mol. The number of fused-ring (bicyclic) bond motifs is 2. The molecular formula is C55H54FN7O10S2. The molecule has 0 saturated carbocycles. The average Bonchev–Trinajstić information content (AvgIpc) is 4.28. The third-order valence-electron chi connectivity index (χ3n) is 13.2. The molecule has 3 aliphatic heterocycles. The fourth-order valence-corrected chi connectivity index (χ4v) is 11.0. The van der Waals surface area contributed by atoms with Gasteiger partial charge in [0, 0.05) is 66.4 Å². The lowest BCUT2D eigenvalue weighted by molar-refractivity contribution is -0.143. The Bertz CT molecular complexity index is 3170. The van der Waals surface area contributed by atoms with E-state index >= 15 is 0 Å². The third-order valence-corrected chi connectivity index (χ3v) is 14.9. The van der Waals surface area contributed by atoms with Crippen molar-refractivity contribution in [2.24, 2.45) is 5.92 Å². The van der Waals surface area contributed by atoms with Crippen molar-refractivity contribution in [3.8, 4) is 33.8 Å². The van der Waals surface area contributed by atoms with Gasteiger partial charge in [0.05, 0.1) is 47.6 Å². The number of carbonyl (C=O) groups is 5. The summed E-state index contributed by atoms with van der Waals surface area (Å²) in [6, 6.07) is 18.2. The summed E-state index contributed by atoms with van der Waals surface area (Å²) in [5, 5.41) is 29.1. The van der Waals surface area contributed by atoms with E-state index in [1.165, 1.54) is 38.7 Å². The van der Waals surface area contributed by atoms with E-state index in [9.17, 15) is 38.6 Å². The number of hydrogen-bond donors (Lipinski definition) is 4. The largest absolute Gasteiger partial charge is 0.508 e. The van der Waals surface area contributed by atoms with Gasteiger partial charge in [-0.1, -0.05) is 68.2 Å². The molecule has 0 radical (unpaired) electrons. The van der Waals surface area contributed by atoms with E-state index in [-0.39, 0.29) is 99.8 Å². The van der Waals surface area contributed by atoms with Gasteiger partial charge in [-0.05, 0) is 65.9 Å². The maximum absolute atomic E-state index is 14.5. The van der Waals surface area contributed by atoms with Crippen LogP contribution in [0.3, 0.4) is 0 Å². The van der Waals surface area contributed by atoms with Crippen molar-refractivity contribution < 1.29 is 52.8 Å². The predicted molar refractivity (Wildman–Crippen MR) is 277 cm³/mol. The zero-order chi connectivity index (χ0) is 52.8. The van der Waals surface area contributed by atoms with E-state index in [0.29, 0.717) is 33.6 Å². The number of nitrogens with one attached hydrogen (secondary N) is 2. The highest BCUT2D eigenvalue weighted by atomic mass is 32.1. The summed E-state index contributed by atoms with van der Waals surface area (Å²) in [5.41, 5.74) is 6.83. The molecule has 6 aromatic rings. The molecule has 1 fully saturated rings. The highest BCUT2D eigenvalue weighted by Crippen LogP contribution is 2.38. The second-order valence-corrected chi connectivity index (χ2v) is 20.3. The van der Waals surface area contributed by atoms with Crippen LogP contribution in [-0.2, 0) is 43.5 Å². The second kappa shape index (κ2) is 23.3. The van der Waals surface area contributed by atoms with Gasteiger partial charge in [-0.15, -0.1) is 22.7 Å². The molecule has 3 aliphatic rings. The number of thiazole rings is 2. The molecule has 5 heterocycles. The zero-order valence-electron chi connectivity index (χ0n) is 41.3. The number of phenolic OH excluding ortho intramolecular Hbond substituents is 1. The van der Waals surface area contributed by atoms with Crippen LogP contribution >= 0.6 is 22.7 Å². The molecule has 1 saturated heterocycles. The Balaban J connectivity index is 0.777. The number of likely N-dealkylation sites (tertiary alicyclic amines) is 1. The van der Waals surface area contributed by atoms with E-state index in [0.717, 1.165) is 39.9 Å². The number of anilines is 1. The first-order valence-corrected chi connectivity index (χ1v) is 26.1. The van der Waals surface area contributed by atoms with Crippen molar-refractivity contribution in [2.45, 2.75) is 71.1 Å². The molecule has 0 bridgehead atoms. The molecule has 4 N–H and O–H groups in total. The molecule has 9 rings (SSSR count). The van der Waals surface area contributed by atoms with Crippen LogP contribution < -0.4 is 15.4 Å². The number of β-amino-alcohol motifs (C(OH)–C–C–N with tert-alkyl or cyclic N) is 1. The Labute approximate surface area is 440 Å². The predicted octanol–water partition coefficient (Wildman–Crippen LogP) is 6.48. The summed E-state index contributed by atoms with van der Waals surface area (Å²) in [4.78, 5) is 83.1. The van der Waals surface area contributed by atoms with E-state index in [2.05, 4.69) is 32.4 Å².